The van der Waals surface area contributed by atoms with Gasteiger partial charge in [0.1, 0.15) is 0 Å². The average Bonchev–Trinajstić information content (AvgIpc) is 4.46. The van der Waals surface area contributed by atoms with Crippen LogP contribution in [-0.2, 0) is 21.1 Å². The van der Waals surface area contributed by atoms with Crippen molar-refractivity contribution in [3.8, 4) is 44.5 Å². The Balaban J connectivity index is 0.00000542. The summed E-state index contributed by atoms with van der Waals surface area (Å²) in [7, 11) is 0. The summed E-state index contributed by atoms with van der Waals surface area (Å²) in [6.45, 7) is 0. The van der Waals surface area contributed by atoms with Crippen molar-refractivity contribution >= 4 is 133 Å². The molecule has 0 saturated heterocycles. The van der Waals surface area contributed by atoms with Gasteiger partial charge in [-0.15, -0.1) is 0 Å². The summed E-state index contributed by atoms with van der Waals surface area (Å²) in [5.41, 5.74) is 15.9. The van der Waals surface area contributed by atoms with Crippen molar-refractivity contribution in [2.45, 2.75) is 0 Å². The third-order valence-corrected chi connectivity index (χ3v) is 16.8. The molecule has 4 nitrogen and oxygen atoms in total. The van der Waals surface area contributed by atoms with Crippen LogP contribution in [0.15, 0.2) is 243 Å². The molecule has 0 saturated carbocycles. The van der Waals surface area contributed by atoms with Crippen molar-refractivity contribution in [1.29, 1.82) is 0 Å². The summed E-state index contributed by atoms with van der Waals surface area (Å²) in [4.78, 5) is 20.2. The predicted octanol–water partition coefficient (Wildman–Crippen LogP) is 20.5. The summed E-state index contributed by atoms with van der Waals surface area (Å²) in [6.07, 6.45) is 8.96. The van der Waals surface area contributed by atoms with Gasteiger partial charge in [-0.05, 0) is 159 Å². The normalized spacial score (nSPS) is 12.2. The Kier molecular flexibility index (Phi) is 10.8. The molecule has 380 valence electrons. The molecule has 2 aliphatic heterocycles. The van der Waals surface area contributed by atoms with E-state index in [1.165, 1.54) is 43.1 Å². The molecule has 0 aliphatic carbocycles. The minimum absolute atomic E-state index is 0. The molecule has 17 rings (SSSR count). The molecule has 8 bridgehead atoms. The number of nitrogens with zero attached hydrogens (tertiary/aromatic N) is 2. The SMILES string of the molecule is C1=Cc2nc1c(-c1c3ccccc3cc3ccccc13)c1ccc([nH]1)c(-c1c3ccccc3cc3ccccc13)c1nc(c(-c3c4ccccc4cc4ccccc34)c3ccc([nH]3)c2-c2c3ccccc3cc3ccccc23)C=C1.[Pt]. The van der Waals surface area contributed by atoms with Crippen LogP contribution >= 0.6 is 0 Å². The van der Waals surface area contributed by atoms with Crippen molar-refractivity contribution in [2.24, 2.45) is 0 Å². The van der Waals surface area contributed by atoms with Crippen LogP contribution in [-0.4, -0.2) is 19.9 Å². The fourth-order valence-electron chi connectivity index (χ4n) is 13.4. The van der Waals surface area contributed by atoms with Gasteiger partial charge in [0.15, 0.2) is 0 Å². The van der Waals surface area contributed by atoms with Gasteiger partial charge in [-0.25, -0.2) is 9.97 Å². The van der Waals surface area contributed by atoms with E-state index in [1.54, 1.807) is 0 Å². The van der Waals surface area contributed by atoms with Crippen LogP contribution in [0.25, 0.3) is 177 Å². The van der Waals surface area contributed by atoms with E-state index in [0.29, 0.717) is 0 Å². The summed E-state index contributed by atoms with van der Waals surface area (Å²) < 4.78 is 0. The number of rotatable bonds is 4. The van der Waals surface area contributed by atoms with E-state index in [2.05, 4.69) is 277 Å². The zero-order chi connectivity index (χ0) is 52.4. The number of aromatic nitrogens is 4. The Morgan fingerprint density at radius 1 is 0.198 bits per heavy atom. The quantitative estimate of drug-likeness (QED) is 0.173. The molecule has 12 aromatic carbocycles. The van der Waals surface area contributed by atoms with Crippen LogP contribution in [0.2, 0.25) is 0 Å². The van der Waals surface area contributed by atoms with E-state index in [4.69, 9.17) is 9.97 Å². The maximum Gasteiger partial charge on any atom is 0.0737 e. The Bertz CT molecular complexity index is 4560. The van der Waals surface area contributed by atoms with Crippen LogP contribution < -0.4 is 0 Å². The number of hydrogen-bond donors (Lipinski definition) is 2. The predicted molar refractivity (Wildman–Crippen MR) is 341 cm³/mol. The minimum Gasteiger partial charge on any atom is -0.354 e. The number of fused-ring (bicyclic) bond motifs is 16. The molecule has 0 fully saturated rings. The fourth-order valence-corrected chi connectivity index (χ4v) is 13.4. The molecule has 2 aliphatic rings. The first-order valence-electron chi connectivity index (χ1n) is 27.5. The van der Waals surface area contributed by atoms with Crippen LogP contribution in [0.4, 0.5) is 0 Å². The largest absolute Gasteiger partial charge is 0.354 e. The second kappa shape index (κ2) is 18.6. The van der Waals surface area contributed by atoms with Crippen LogP contribution in [0.3, 0.4) is 0 Å². The van der Waals surface area contributed by atoms with Gasteiger partial charge in [-0.2, -0.15) is 0 Å². The van der Waals surface area contributed by atoms with E-state index < -0.39 is 0 Å². The van der Waals surface area contributed by atoms with E-state index in [0.717, 1.165) is 132 Å². The average molecular weight is 1210 g/mol. The van der Waals surface area contributed by atoms with Crippen molar-refractivity contribution < 1.29 is 21.1 Å². The molecule has 0 unspecified atom stereocenters. The molecule has 5 heteroatoms. The van der Waals surface area contributed by atoms with Gasteiger partial charge in [0.25, 0.3) is 0 Å². The number of H-pyrrole nitrogens is 2. The van der Waals surface area contributed by atoms with Crippen molar-refractivity contribution in [1.82, 2.24) is 19.9 Å². The van der Waals surface area contributed by atoms with Crippen molar-refractivity contribution in [3.05, 3.63) is 265 Å². The second-order valence-corrected chi connectivity index (χ2v) is 21.3. The molecule has 81 heavy (non-hydrogen) atoms. The number of benzene rings is 12. The summed E-state index contributed by atoms with van der Waals surface area (Å²) in [5.74, 6) is 0. The maximum absolute atomic E-state index is 5.94. The first-order chi connectivity index (χ1) is 39.7. The summed E-state index contributed by atoms with van der Waals surface area (Å²) in [6, 6.07) is 88.6. The van der Waals surface area contributed by atoms with E-state index >= 15 is 0 Å². The first-order valence-corrected chi connectivity index (χ1v) is 27.5. The zero-order valence-electron chi connectivity index (χ0n) is 43.6. The third-order valence-electron chi connectivity index (χ3n) is 16.8. The molecular weight excluding hydrogens is 1160 g/mol. The van der Waals surface area contributed by atoms with Gasteiger partial charge in [0, 0.05) is 87.6 Å². The third kappa shape index (κ3) is 7.34. The molecule has 0 atom stereocenters. The molecule has 0 amide bonds. The second-order valence-electron chi connectivity index (χ2n) is 21.3. The van der Waals surface area contributed by atoms with Crippen molar-refractivity contribution in [2.75, 3.05) is 0 Å². The van der Waals surface area contributed by atoms with E-state index in [-0.39, 0.29) is 21.1 Å². The Hall–Kier alpha value is -9.99. The Labute approximate surface area is 480 Å². The topological polar surface area (TPSA) is 57.4 Å². The van der Waals surface area contributed by atoms with Crippen LogP contribution in [0.1, 0.15) is 22.8 Å². The van der Waals surface area contributed by atoms with E-state index in [1.807, 2.05) is 0 Å². The van der Waals surface area contributed by atoms with Gasteiger partial charge < -0.3 is 9.97 Å². The molecule has 5 heterocycles. The molecule has 0 radical (unpaired) electrons. The summed E-state index contributed by atoms with van der Waals surface area (Å²) in [5, 5.41) is 18.6. The van der Waals surface area contributed by atoms with Gasteiger partial charge in [0.05, 0.1) is 22.8 Å². The minimum atomic E-state index is 0. The monoisotopic (exact) mass is 1210 g/mol. The number of aromatic amines is 2. The maximum atomic E-state index is 5.94. The Morgan fingerprint density at radius 2 is 0.370 bits per heavy atom. The summed E-state index contributed by atoms with van der Waals surface area (Å²) >= 11 is 0. The van der Waals surface area contributed by atoms with E-state index in [9.17, 15) is 0 Å². The number of nitrogens with one attached hydrogen (secondary N) is 2. The van der Waals surface area contributed by atoms with Crippen molar-refractivity contribution in [3.63, 3.8) is 0 Å². The van der Waals surface area contributed by atoms with Gasteiger partial charge >= 0.3 is 0 Å². The molecule has 2 N–H and O–H groups in total. The Morgan fingerprint density at radius 3 is 0.556 bits per heavy atom. The number of hydrogen-bond acceptors (Lipinski definition) is 2. The molecule has 15 aromatic rings. The van der Waals surface area contributed by atoms with Crippen LogP contribution in [0, 0.1) is 0 Å². The molecule has 0 spiro atoms. The fraction of sp³-hybridized carbons (Fsp3) is 0. The standard InChI is InChI=1S/C76H46N4.Pt/c1-9-25-53-45(17-1)41-46-18-2-10-26-54(46)69(53)73-61-33-35-63(77-61)74(70-55-27-11-3-19-47(55)42-48-20-4-12-28-56(48)70)65-37-39-67(79-65)76(72-59-31-15-7-23-51(59)44-52-24-8-16-32-60(52)72)68-40-38-66(80-68)75(64-36-34-62(73)78-64)71-57-29-13-5-21-49(57)43-50-22-6-14-30-58(50)71;/h1-44,77,80H;. The molecular formula is C76H46N4Pt. The van der Waals surface area contributed by atoms with Gasteiger partial charge in [-0.3, -0.25) is 0 Å². The van der Waals surface area contributed by atoms with Gasteiger partial charge in [0.2, 0.25) is 0 Å². The van der Waals surface area contributed by atoms with Crippen LogP contribution in [0.5, 0.6) is 0 Å². The van der Waals surface area contributed by atoms with Gasteiger partial charge in [-0.1, -0.05) is 194 Å². The smallest absolute Gasteiger partial charge is 0.0737 e. The first kappa shape index (κ1) is 47.0. The zero-order valence-corrected chi connectivity index (χ0v) is 45.9. The molecule has 3 aromatic heterocycles.